The van der Waals surface area contributed by atoms with E-state index in [9.17, 15) is 10.3 Å². The lowest BCUT2D eigenvalue weighted by Gasteiger charge is -2.72. The van der Waals surface area contributed by atoms with Gasteiger partial charge in [0.15, 0.2) is 0 Å². The monoisotopic (exact) mass is 455 g/mol. The Morgan fingerprint density at radius 2 is 1.58 bits per heavy atom. The second-order valence-corrected chi connectivity index (χ2v) is 14.5. The van der Waals surface area contributed by atoms with Gasteiger partial charge in [-0.3, -0.25) is 0 Å². The largest absolute Gasteiger partial charge is 0.411 e. The number of hydrogen-bond acceptors (Lipinski definition) is 3. The minimum absolute atomic E-state index is 0.0158. The van der Waals surface area contributed by atoms with E-state index in [0.717, 1.165) is 25.2 Å². The third-order valence-electron chi connectivity index (χ3n) is 13.4. The lowest BCUT2D eigenvalue weighted by molar-refractivity contribution is -0.243. The molecule has 3 nitrogen and oxygen atoms in total. The van der Waals surface area contributed by atoms with Gasteiger partial charge in [-0.25, -0.2) is 0 Å². The van der Waals surface area contributed by atoms with Gasteiger partial charge in [0.25, 0.3) is 0 Å². The second-order valence-electron chi connectivity index (χ2n) is 14.5. The summed E-state index contributed by atoms with van der Waals surface area (Å²) in [5.41, 5.74) is 2.40. The van der Waals surface area contributed by atoms with Crippen molar-refractivity contribution in [3.05, 3.63) is 12.2 Å². The Bertz CT molecular complexity index is 848. The van der Waals surface area contributed by atoms with Crippen molar-refractivity contribution in [2.45, 2.75) is 112 Å². The molecular weight excluding hydrogens is 406 g/mol. The molecule has 0 aliphatic heterocycles. The fraction of sp³-hybridized carbons (Fsp3) is 0.900. The van der Waals surface area contributed by atoms with Gasteiger partial charge in [-0.1, -0.05) is 46.8 Å². The minimum Gasteiger partial charge on any atom is -0.411 e. The maximum absolute atomic E-state index is 10.9. The summed E-state index contributed by atoms with van der Waals surface area (Å²) >= 11 is 0. The molecule has 5 fully saturated rings. The maximum atomic E-state index is 10.9. The summed E-state index contributed by atoms with van der Waals surface area (Å²) in [5.74, 6) is 3.16. The zero-order valence-corrected chi connectivity index (χ0v) is 22.2. The minimum atomic E-state index is -0.158. The third-order valence-corrected chi connectivity index (χ3v) is 13.4. The Labute approximate surface area is 202 Å². The first-order chi connectivity index (χ1) is 15.4. The molecule has 3 heteroatoms. The summed E-state index contributed by atoms with van der Waals surface area (Å²) in [6, 6.07) is 0. The molecule has 0 aromatic rings. The quantitative estimate of drug-likeness (QED) is 0.196. The van der Waals surface area contributed by atoms with E-state index in [4.69, 9.17) is 0 Å². The van der Waals surface area contributed by atoms with Crippen LogP contribution in [-0.2, 0) is 0 Å². The zero-order chi connectivity index (χ0) is 24.0. The van der Waals surface area contributed by atoms with Crippen LogP contribution in [0.5, 0.6) is 0 Å². The molecule has 186 valence electrons. The van der Waals surface area contributed by atoms with Crippen molar-refractivity contribution in [3.63, 3.8) is 0 Å². The number of fused-ring (bicyclic) bond motifs is 7. The van der Waals surface area contributed by atoms with Crippen LogP contribution in [0, 0.1) is 56.7 Å². The Balaban J connectivity index is 1.56. The van der Waals surface area contributed by atoms with Crippen LogP contribution in [-0.4, -0.2) is 22.6 Å². The highest BCUT2D eigenvalue weighted by Gasteiger charge is 2.70. The molecule has 5 aliphatic carbocycles. The standard InChI is InChI=1S/C30H49NO2/c1-19(2)20-10-15-30(18-31-33)17-16-28(6)21(25(20)30)8-9-23-27(5)13-12-24(32)26(3,4)22(27)11-14-29(23,28)7/h18,20-25,32-33H,1,8-17H2,2-7H3/b31-18+/t20-,21+,22-,23-,24-,25+,27-,28+,29+,30-/m0/s1. The van der Waals surface area contributed by atoms with Crippen LogP contribution in [0.3, 0.4) is 0 Å². The molecule has 0 heterocycles. The smallest absolute Gasteiger partial charge is 0.0594 e. The molecule has 5 aliphatic rings. The van der Waals surface area contributed by atoms with Gasteiger partial charge in [-0.2, -0.15) is 0 Å². The predicted molar refractivity (Wildman–Crippen MR) is 135 cm³/mol. The molecule has 0 spiro atoms. The lowest BCUT2D eigenvalue weighted by Crippen LogP contribution is -2.66. The second kappa shape index (κ2) is 7.34. The van der Waals surface area contributed by atoms with Crippen molar-refractivity contribution < 1.29 is 10.3 Å². The van der Waals surface area contributed by atoms with Gasteiger partial charge in [-0.15, -0.1) is 5.16 Å². The Morgan fingerprint density at radius 1 is 0.848 bits per heavy atom. The number of rotatable bonds is 2. The molecule has 33 heavy (non-hydrogen) atoms. The molecule has 0 aromatic heterocycles. The topological polar surface area (TPSA) is 52.8 Å². The normalized spacial score (nSPS) is 55.4. The van der Waals surface area contributed by atoms with Crippen LogP contribution < -0.4 is 0 Å². The highest BCUT2D eigenvalue weighted by atomic mass is 16.4. The first-order valence-corrected chi connectivity index (χ1v) is 13.9. The highest BCUT2D eigenvalue weighted by molar-refractivity contribution is 5.67. The Kier molecular flexibility index (Phi) is 5.31. The molecule has 0 amide bonds. The third kappa shape index (κ3) is 2.87. The molecule has 0 unspecified atom stereocenters. The van der Waals surface area contributed by atoms with E-state index < -0.39 is 0 Å². The van der Waals surface area contributed by atoms with Gasteiger partial charge in [0.2, 0.25) is 0 Å². The first-order valence-electron chi connectivity index (χ1n) is 13.9. The van der Waals surface area contributed by atoms with Crippen LogP contribution in [0.25, 0.3) is 0 Å². The van der Waals surface area contributed by atoms with E-state index in [2.05, 4.69) is 53.3 Å². The van der Waals surface area contributed by atoms with Gasteiger partial charge < -0.3 is 10.3 Å². The van der Waals surface area contributed by atoms with Gasteiger partial charge >= 0.3 is 0 Å². The number of allylic oxidation sites excluding steroid dienone is 1. The van der Waals surface area contributed by atoms with E-state index in [-0.39, 0.29) is 16.9 Å². The molecule has 5 saturated carbocycles. The summed E-state index contributed by atoms with van der Waals surface area (Å²) < 4.78 is 0. The molecule has 10 atom stereocenters. The fourth-order valence-corrected chi connectivity index (χ4v) is 11.5. The van der Waals surface area contributed by atoms with Crippen molar-refractivity contribution in [2.75, 3.05) is 0 Å². The van der Waals surface area contributed by atoms with Crippen LogP contribution in [0.15, 0.2) is 17.3 Å². The van der Waals surface area contributed by atoms with E-state index in [1.165, 1.54) is 50.5 Å². The number of aliphatic hydroxyl groups excluding tert-OH is 1. The summed E-state index contributed by atoms with van der Waals surface area (Å²) in [7, 11) is 0. The van der Waals surface area contributed by atoms with E-state index in [1.807, 2.05) is 6.21 Å². The van der Waals surface area contributed by atoms with Crippen LogP contribution in [0.1, 0.15) is 106 Å². The first kappa shape index (κ1) is 23.9. The molecule has 0 bridgehead atoms. The van der Waals surface area contributed by atoms with Crippen LogP contribution in [0.2, 0.25) is 0 Å². The van der Waals surface area contributed by atoms with Crippen LogP contribution >= 0.6 is 0 Å². The molecular formula is C30H49NO2. The van der Waals surface area contributed by atoms with E-state index >= 15 is 0 Å². The number of oxime groups is 1. The molecule has 0 saturated heterocycles. The molecule has 5 rings (SSSR count). The van der Waals surface area contributed by atoms with Crippen molar-refractivity contribution in [1.82, 2.24) is 0 Å². The predicted octanol–water partition coefficient (Wildman–Crippen LogP) is 7.46. The van der Waals surface area contributed by atoms with Gasteiger partial charge in [0.1, 0.15) is 0 Å². The van der Waals surface area contributed by atoms with Gasteiger partial charge in [0, 0.05) is 5.41 Å². The van der Waals surface area contributed by atoms with E-state index in [0.29, 0.717) is 39.9 Å². The molecule has 0 radical (unpaired) electrons. The van der Waals surface area contributed by atoms with Crippen molar-refractivity contribution in [1.29, 1.82) is 0 Å². The highest BCUT2D eigenvalue weighted by Crippen LogP contribution is 2.77. The number of aliphatic hydroxyl groups is 1. The van der Waals surface area contributed by atoms with Crippen LogP contribution in [0.4, 0.5) is 0 Å². The summed E-state index contributed by atoms with van der Waals surface area (Å²) in [6.45, 7) is 19.3. The summed E-state index contributed by atoms with van der Waals surface area (Å²) in [4.78, 5) is 0. The fourth-order valence-electron chi connectivity index (χ4n) is 11.5. The molecule has 0 aromatic carbocycles. The van der Waals surface area contributed by atoms with Crippen molar-refractivity contribution >= 4 is 6.21 Å². The SMILES string of the molecule is C=C(C)[C@@H]1CC[C@@]2(/C=N/O)CC[C@]3(C)[C@H](CC[C@H]4[C@@]5(C)CC[C@H](O)C(C)(C)[C@@H]5CC[C@]43C)[C@@H]12. The van der Waals surface area contributed by atoms with Gasteiger partial charge in [-0.05, 0) is 122 Å². The maximum Gasteiger partial charge on any atom is 0.0594 e. The average molecular weight is 456 g/mol. The number of hydrogen-bond donors (Lipinski definition) is 2. The van der Waals surface area contributed by atoms with E-state index in [1.54, 1.807) is 0 Å². The van der Waals surface area contributed by atoms with Gasteiger partial charge in [0.05, 0.1) is 12.3 Å². The summed E-state index contributed by atoms with van der Waals surface area (Å²) in [6.07, 6.45) is 13.9. The zero-order valence-electron chi connectivity index (χ0n) is 22.2. The van der Waals surface area contributed by atoms with Crippen molar-refractivity contribution in [2.24, 2.45) is 61.8 Å². The Morgan fingerprint density at radius 3 is 2.24 bits per heavy atom. The summed E-state index contributed by atoms with van der Waals surface area (Å²) in [5, 5.41) is 24.2. The molecule has 2 N–H and O–H groups in total. The average Bonchev–Trinajstić information content (AvgIpc) is 3.12. The Hall–Kier alpha value is -0.830. The lowest BCUT2D eigenvalue weighted by atomic mass is 9.32. The van der Waals surface area contributed by atoms with Crippen molar-refractivity contribution in [3.8, 4) is 0 Å². The number of nitrogens with zero attached hydrogens (tertiary/aromatic N) is 1.